The number of carbonyl (C=O) groups excluding carboxylic acids is 2. The number of hydrogen-bond donors (Lipinski definition) is 3. The van der Waals surface area contributed by atoms with Gasteiger partial charge in [-0.2, -0.15) is 0 Å². The van der Waals surface area contributed by atoms with Crippen molar-refractivity contribution in [1.29, 1.82) is 0 Å². The van der Waals surface area contributed by atoms with Crippen LogP contribution in [0, 0.1) is 0 Å². The molecule has 1 heterocycles. The van der Waals surface area contributed by atoms with E-state index in [9.17, 15) is 14.7 Å². The summed E-state index contributed by atoms with van der Waals surface area (Å²) in [5.41, 5.74) is 2.02. The number of phenols is 1. The first kappa shape index (κ1) is 19.3. The van der Waals surface area contributed by atoms with Crippen LogP contribution in [0.15, 0.2) is 48.5 Å². The molecule has 29 heavy (non-hydrogen) atoms. The van der Waals surface area contributed by atoms with Crippen molar-refractivity contribution in [3.8, 4) is 5.75 Å². The van der Waals surface area contributed by atoms with Crippen molar-refractivity contribution in [3.63, 3.8) is 0 Å². The first-order valence-electron chi connectivity index (χ1n) is 10.0. The van der Waals surface area contributed by atoms with Gasteiger partial charge in [-0.1, -0.05) is 18.2 Å². The van der Waals surface area contributed by atoms with Crippen LogP contribution in [-0.4, -0.2) is 60.6 Å². The average molecular weight is 394 g/mol. The molecule has 0 unspecified atom stereocenters. The predicted molar refractivity (Wildman–Crippen MR) is 112 cm³/mol. The minimum absolute atomic E-state index is 0.0936. The number of aromatic hydroxyl groups is 1. The van der Waals surface area contributed by atoms with Gasteiger partial charge in [0.25, 0.3) is 5.91 Å². The lowest BCUT2D eigenvalue weighted by Crippen LogP contribution is -2.48. The Hall–Kier alpha value is -3.06. The molecule has 4 rings (SSSR count). The molecule has 2 aromatic carbocycles. The standard InChI is InChI=1S/C22H26N4O3/c27-20-7-2-1-6-19(20)26-12-10-25(11-13-26)15-21(28)23-18-5-3-4-16(14-18)22(29)24-17-8-9-17/h1-7,14,17,27H,8-13,15H2,(H,23,28)(H,24,29). The van der Waals surface area contributed by atoms with Gasteiger partial charge in [0.05, 0.1) is 12.2 Å². The van der Waals surface area contributed by atoms with Gasteiger partial charge in [0.15, 0.2) is 0 Å². The number of para-hydroxylation sites is 2. The van der Waals surface area contributed by atoms with Crippen LogP contribution in [0.5, 0.6) is 5.75 Å². The molecule has 0 spiro atoms. The number of rotatable bonds is 6. The van der Waals surface area contributed by atoms with Gasteiger partial charge >= 0.3 is 0 Å². The summed E-state index contributed by atoms with van der Waals surface area (Å²) in [7, 11) is 0. The minimum atomic E-state index is -0.0965. The summed E-state index contributed by atoms with van der Waals surface area (Å²) >= 11 is 0. The SMILES string of the molecule is O=C(CN1CCN(c2ccccc2O)CC1)Nc1cccc(C(=O)NC2CC2)c1. The highest BCUT2D eigenvalue weighted by atomic mass is 16.3. The van der Waals surface area contributed by atoms with Crippen LogP contribution in [0.1, 0.15) is 23.2 Å². The van der Waals surface area contributed by atoms with E-state index in [-0.39, 0.29) is 17.6 Å². The van der Waals surface area contributed by atoms with Crippen LogP contribution in [0.3, 0.4) is 0 Å². The summed E-state index contributed by atoms with van der Waals surface area (Å²) in [5.74, 6) is 0.0916. The van der Waals surface area contributed by atoms with E-state index in [0.717, 1.165) is 44.7 Å². The Kier molecular flexibility index (Phi) is 5.67. The van der Waals surface area contributed by atoms with Crippen LogP contribution in [0.25, 0.3) is 0 Å². The van der Waals surface area contributed by atoms with E-state index in [0.29, 0.717) is 23.8 Å². The highest BCUT2D eigenvalue weighted by Crippen LogP contribution is 2.27. The maximum Gasteiger partial charge on any atom is 0.251 e. The number of amides is 2. The van der Waals surface area contributed by atoms with Crippen LogP contribution in [0.2, 0.25) is 0 Å². The van der Waals surface area contributed by atoms with Gasteiger partial charge in [0, 0.05) is 43.5 Å². The highest BCUT2D eigenvalue weighted by Gasteiger charge is 2.24. The fourth-order valence-electron chi connectivity index (χ4n) is 3.52. The molecule has 1 saturated heterocycles. The summed E-state index contributed by atoms with van der Waals surface area (Å²) in [6, 6.07) is 14.7. The van der Waals surface area contributed by atoms with Crippen LogP contribution in [0.4, 0.5) is 11.4 Å². The topological polar surface area (TPSA) is 84.9 Å². The fourth-order valence-corrected chi connectivity index (χ4v) is 3.52. The van der Waals surface area contributed by atoms with Gasteiger partial charge in [-0.3, -0.25) is 14.5 Å². The van der Waals surface area contributed by atoms with Gasteiger partial charge < -0.3 is 20.6 Å². The molecule has 1 aliphatic heterocycles. The molecule has 0 atom stereocenters. The lowest BCUT2D eigenvalue weighted by atomic mass is 10.2. The van der Waals surface area contributed by atoms with E-state index >= 15 is 0 Å². The van der Waals surface area contributed by atoms with Crippen molar-refractivity contribution >= 4 is 23.2 Å². The van der Waals surface area contributed by atoms with Crippen molar-refractivity contribution in [2.75, 3.05) is 42.9 Å². The fraction of sp³-hybridized carbons (Fsp3) is 0.364. The zero-order chi connectivity index (χ0) is 20.2. The molecule has 1 aliphatic carbocycles. The van der Waals surface area contributed by atoms with Gasteiger partial charge in [0.1, 0.15) is 5.75 Å². The molecule has 0 radical (unpaired) electrons. The smallest absolute Gasteiger partial charge is 0.251 e. The van der Waals surface area contributed by atoms with Gasteiger partial charge in [-0.15, -0.1) is 0 Å². The first-order chi connectivity index (χ1) is 14.1. The number of anilines is 2. The minimum Gasteiger partial charge on any atom is -0.506 e. The van der Waals surface area contributed by atoms with E-state index in [1.807, 2.05) is 18.2 Å². The molecule has 7 heteroatoms. The van der Waals surface area contributed by atoms with E-state index < -0.39 is 0 Å². The monoisotopic (exact) mass is 394 g/mol. The second-order valence-electron chi connectivity index (χ2n) is 7.63. The third kappa shape index (κ3) is 5.06. The summed E-state index contributed by atoms with van der Waals surface area (Å²) in [4.78, 5) is 28.8. The summed E-state index contributed by atoms with van der Waals surface area (Å²) in [6.45, 7) is 3.29. The quantitative estimate of drug-likeness (QED) is 0.698. The van der Waals surface area contributed by atoms with Gasteiger partial charge in [-0.25, -0.2) is 0 Å². The highest BCUT2D eigenvalue weighted by molar-refractivity contribution is 5.97. The number of piperazine rings is 1. The predicted octanol–water partition coefficient (Wildman–Crippen LogP) is 2.05. The Bertz CT molecular complexity index is 889. The number of hydrogen-bond acceptors (Lipinski definition) is 5. The number of carbonyl (C=O) groups is 2. The maximum atomic E-state index is 12.4. The van der Waals surface area contributed by atoms with Crippen molar-refractivity contribution < 1.29 is 14.7 Å². The number of phenolic OH excluding ortho intramolecular Hbond substituents is 1. The Balaban J connectivity index is 1.27. The van der Waals surface area contributed by atoms with Crippen molar-refractivity contribution in [3.05, 3.63) is 54.1 Å². The van der Waals surface area contributed by atoms with Crippen molar-refractivity contribution in [2.45, 2.75) is 18.9 Å². The Morgan fingerprint density at radius 2 is 1.76 bits per heavy atom. The number of nitrogens with zero attached hydrogens (tertiary/aromatic N) is 2. The zero-order valence-corrected chi connectivity index (χ0v) is 16.3. The summed E-state index contributed by atoms with van der Waals surface area (Å²) < 4.78 is 0. The molecule has 2 aromatic rings. The second kappa shape index (κ2) is 8.53. The lowest BCUT2D eigenvalue weighted by Gasteiger charge is -2.35. The normalized spacial score (nSPS) is 17.0. The first-order valence-corrected chi connectivity index (χ1v) is 10.0. The maximum absolute atomic E-state index is 12.4. The molecule has 0 bridgehead atoms. The molecule has 2 fully saturated rings. The lowest BCUT2D eigenvalue weighted by molar-refractivity contribution is -0.117. The molecular weight excluding hydrogens is 368 g/mol. The Labute approximate surface area is 170 Å². The van der Waals surface area contributed by atoms with E-state index in [1.54, 1.807) is 30.3 Å². The molecule has 2 aliphatic rings. The average Bonchev–Trinajstić information content (AvgIpc) is 3.53. The third-order valence-corrected chi connectivity index (χ3v) is 5.28. The largest absolute Gasteiger partial charge is 0.506 e. The molecule has 152 valence electrons. The molecular formula is C22H26N4O3. The van der Waals surface area contributed by atoms with Crippen molar-refractivity contribution in [1.82, 2.24) is 10.2 Å². The van der Waals surface area contributed by atoms with Crippen LogP contribution < -0.4 is 15.5 Å². The second-order valence-corrected chi connectivity index (χ2v) is 7.63. The van der Waals surface area contributed by atoms with Crippen LogP contribution in [-0.2, 0) is 4.79 Å². The van der Waals surface area contributed by atoms with E-state index in [1.165, 1.54) is 0 Å². The molecule has 1 saturated carbocycles. The molecule has 0 aromatic heterocycles. The Morgan fingerprint density at radius 3 is 2.48 bits per heavy atom. The van der Waals surface area contributed by atoms with Crippen molar-refractivity contribution in [2.24, 2.45) is 0 Å². The van der Waals surface area contributed by atoms with Gasteiger partial charge in [-0.05, 0) is 43.2 Å². The zero-order valence-electron chi connectivity index (χ0n) is 16.3. The Morgan fingerprint density at radius 1 is 1.00 bits per heavy atom. The van der Waals surface area contributed by atoms with Gasteiger partial charge in [0.2, 0.25) is 5.91 Å². The molecule has 3 N–H and O–H groups in total. The molecule has 7 nitrogen and oxygen atoms in total. The molecule has 2 amide bonds. The van der Waals surface area contributed by atoms with E-state index in [2.05, 4.69) is 20.4 Å². The van der Waals surface area contributed by atoms with Crippen LogP contribution >= 0.6 is 0 Å². The summed E-state index contributed by atoms with van der Waals surface area (Å²) in [5, 5.41) is 15.9. The number of nitrogens with one attached hydrogen (secondary N) is 2. The number of benzene rings is 2. The third-order valence-electron chi connectivity index (χ3n) is 5.28. The summed E-state index contributed by atoms with van der Waals surface area (Å²) in [6.07, 6.45) is 2.08. The van der Waals surface area contributed by atoms with E-state index in [4.69, 9.17) is 0 Å².